The second-order valence-electron chi connectivity index (χ2n) is 3.39. The van der Waals surface area contributed by atoms with Crippen molar-refractivity contribution in [3.63, 3.8) is 0 Å². The first-order valence-corrected chi connectivity index (χ1v) is 5.65. The van der Waals surface area contributed by atoms with E-state index >= 15 is 0 Å². The third-order valence-corrected chi connectivity index (χ3v) is 3.09. The minimum atomic E-state index is 0.164. The second kappa shape index (κ2) is 4.28. The van der Waals surface area contributed by atoms with Gasteiger partial charge in [0.05, 0.1) is 5.69 Å². The Labute approximate surface area is 92.0 Å². The normalized spacial score (nSPS) is 15.7. The van der Waals surface area contributed by atoms with E-state index in [1.54, 1.807) is 6.08 Å². The molecule has 15 heavy (non-hydrogen) atoms. The van der Waals surface area contributed by atoms with Crippen molar-refractivity contribution in [2.24, 2.45) is 0 Å². The minimum Gasteiger partial charge on any atom is -0.357 e. The van der Waals surface area contributed by atoms with Crippen LogP contribution in [0.3, 0.4) is 0 Å². The molecule has 3 nitrogen and oxygen atoms in total. The van der Waals surface area contributed by atoms with Gasteiger partial charge in [0.2, 0.25) is 0 Å². The maximum absolute atomic E-state index is 11.2. The van der Waals surface area contributed by atoms with Crippen molar-refractivity contribution in [3.05, 3.63) is 28.1 Å². The molecule has 0 aromatic carbocycles. The fourth-order valence-electron chi connectivity index (χ4n) is 1.56. The molecule has 0 fully saturated rings. The number of nitrogens with one attached hydrogen (secondary N) is 1. The van der Waals surface area contributed by atoms with Crippen LogP contribution in [0, 0.1) is 11.3 Å². The first-order chi connectivity index (χ1) is 7.29. The Hall–Kier alpha value is -1.60. The van der Waals surface area contributed by atoms with Gasteiger partial charge in [-0.3, -0.25) is 4.79 Å². The third-order valence-electron chi connectivity index (χ3n) is 2.27. The standard InChI is InChI=1S/C11H10N2OS/c12-7-11-10(4-5-15-11)13-8-2-1-3-9(14)6-8/h4-6,13H,1-3H2. The van der Waals surface area contributed by atoms with Gasteiger partial charge in [0.15, 0.2) is 5.78 Å². The van der Waals surface area contributed by atoms with Gasteiger partial charge in [-0.2, -0.15) is 5.26 Å². The number of anilines is 1. The molecule has 2 rings (SSSR count). The summed E-state index contributed by atoms with van der Waals surface area (Å²) in [6, 6.07) is 3.98. The molecule has 0 radical (unpaired) electrons. The van der Waals surface area contributed by atoms with E-state index in [-0.39, 0.29) is 5.78 Å². The monoisotopic (exact) mass is 218 g/mol. The average molecular weight is 218 g/mol. The molecule has 0 spiro atoms. The summed E-state index contributed by atoms with van der Waals surface area (Å²) in [5.41, 5.74) is 1.73. The zero-order chi connectivity index (χ0) is 10.7. The molecule has 1 aliphatic carbocycles. The molecule has 0 bridgehead atoms. The number of rotatable bonds is 2. The van der Waals surface area contributed by atoms with Crippen molar-refractivity contribution in [1.82, 2.24) is 0 Å². The van der Waals surface area contributed by atoms with E-state index in [0.717, 1.165) is 24.2 Å². The number of nitriles is 1. The van der Waals surface area contributed by atoms with Crippen LogP contribution >= 0.6 is 11.3 Å². The Morgan fingerprint density at radius 1 is 1.47 bits per heavy atom. The van der Waals surface area contributed by atoms with Gasteiger partial charge in [-0.05, 0) is 24.3 Å². The van der Waals surface area contributed by atoms with E-state index in [0.29, 0.717) is 11.3 Å². The highest BCUT2D eigenvalue weighted by Crippen LogP contribution is 2.25. The van der Waals surface area contributed by atoms with Crippen LogP contribution in [0.4, 0.5) is 5.69 Å². The summed E-state index contributed by atoms with van der Waals surface area (Å²) >= 11 is 1.40. The second-order valence-corrected chi connectivity index (χ2v) is 4.31. The maximum atomic E-state index is 11.2. The summed E-state index contributed by atoms with van der Waals surface area (Å²) in [4.78, 5) is 11.8. The van der Waals surface area contributed by atoms with Crippen molar-refractivity contribution in [3.8, 4) is 6.07 Å². The van der Waals surface area contributed by atoms with Crippen LogP contribution in [0.1, 0.15) is 24.1 Å². The molecule has 1 aromatic heterocycles. The van der Waals surface area contributed by atoms with Crippen molar-refractivity contribution < 1.29 is 4.79 Å². The van der Waals surface area contributed by atoms with E-state index in [9.17, 15) is 4.79 Å². The fourth-order valence-corrected chi connectivity index (χ4v) is 2.20. The summed E-state index contributed by atoms with van der Waals surface area (Å²) in [7, 11) is 0. The van der Waals surface area contributed by atoms with Crippen molar-refractivity contribution in [2.45, 2.75) is 19.3 Å². The van der Waals surface area contributed by atoms with E-state index in [2.05, 4.69) is 11.4 Å². The van der Waals surface area contributed by atoms with Gasteiger partial charge in [0.25, 0.3) is 0 Å². The largest absolute Gasteiger partial charge is 0.357 e. The molecule has 0 atom stereocenters. The first-order valence-electron chi connectivity index (χ1n) is 4.77. The average Bonchev–Trinajstić information content (AvgIpc) is 2.65. The Kier molecular flexibility index (Phi) is 2.84. The van der Waals surface area contributed by atoms with Gasteiger partial charge < -0.3 is 5.32 Å². The molecule has 1 aromatic rings. The van der Waals surface area contributed by atoms with Crippen LogP contribution in [0.25, 0.3) is 0 Å². The number of carbonyl (C=O) groups excluding carboxylic acids is 1. The van der Waals surface area contributed by atoms with Crippen molar-refractivity contribution in [1.29, 1.82) is 5.26 Å². The molecule has 1 aliphatic rings. The number of hydrogen-bond donors (Lipinski definition) is 1. The smallest absolute Gasteiger partial charge is 0.157 e. The van der Waals surface area contributed by atoms with Gasteiger partial charge in [0, 0.05) is 18.2 Å². The zero-order valence-electron chi connectivity index (χ0n) is 8.12. The van der Waals surface area contributed by atoms with Crippen LogP contribution in [-0.2, 0) is 4.79 Å². The molecule has 1 heterocycles. The Balaban J connectivity index is 2.16. The van der Waals surface area contributed by atoms with Crippen molar-refractivity contribution in [2.75, 3.05) is 5.32 Å². The number of ketones is 1. The number of thiophene rings is 1. The summed E-state index contributed by atoms with van der Waals surface area (Å²) in [6.45, 7) is 0. The topological polar surface area (TPSA) is 52.9 Å². The Bertz CT molecular complexity index is 453. The van der Waals surface area contributed by atoms with Crippen LogP contribution in [0.15, 0.2) is 23.2 Å². The molecule has 4 heteroatoms. The Morgan fingerprint density at radius 3 is 3.07 bits per heavy atom. The van der Waals surface area contributed by atoms with Crippen LogP contribution in [0.5, 0.6) is 0 Å². The predicted molar refractivity (Wildman–Crippen MR) is 59.6 cm³/mol. The zero-order valence-corrected chi connectivity index (χ0v) is 8.93. The SMILES string of the molecule is N#Cc1sccc1NC1=CC(=O)CCC1. The summed E-state index contributed by atoms with van der Waals surface area (Å²) in [6.07, 6.45) is 4.05. The van der Waals surface area contributed by atoms with Crippen LogP contribution in [0.2, 0.25) is 0 Å². The molecule has 0 saturated carbocycles. The highest BCUT2D eigenvalue weighted by atomic mass is 32.1. The quantitative estimate of drug-likeness (QED) is 0.830. The first kappa shape index (κ1) is 9.94. The molecule has 0 amide bonds. The maximum Gasteiger partial charge on any atom is 0.157 e. The van der Waals surface area contributed by atoms with Gasteiger partial charge in [-0.1, -0.05) is 0 Å². The minimum absolute atomic E-state index is 0.164. The lowest BCUT2D eigenvalue weighted by atomic mass is 10.0. The number of nitrogens with zero attached hydrogens (tertiary/aromatic N) is 1. The van der Waals surface area contributed by atoms with Gasteiger partial charge in [-0.25, -0.2) is 0 Å². The van der Waals surface area contributed by atoms with E-state index in [1.807, 2.05) is 11.4 Å². The fraction of sp³-hybridized carbons (Fsp3) is 0.273. The van der Waals surface area contributed by atoms with Crippen LogP contribution < -0.4 is 5.32 Å². The molecule has 0 unspecified atom stereocenters. The van der Waals surface area contributed by atoms with Gasteiger partial charge in [-0.15, -0.1) is 11.3 Å². The van der Waals surface area contributed by atoms with E-state index in [4.69, 9.17) is 5.26 Å². The molecule has 0 aliphatic heterocycles. The lowest BCUT2D eigenvalue weighted by Gasteiger charge is -2.13. The molecule has 1 N–H and O–H groups in total. The molecule has 76 valence electrons. The predicted octanol–water partition coefficient (Wildman–Crippen LogP) is 2.67. The summed E-state index contributed by atoms with van der Waals surface area (Å²) < 4.78 is 0. The number of carbonyl (C=O) groups is 1. The number of hydrogen-bond acceptors (Lipinski definition) is 4. The lowest BCUT2D eigenvalue weighted by molar-refractivity contribution is -0.115. The third kappa shape index (κ3) is 2.25. The lowest BCUT2D eigenvalue weighted by Crippen LogP contribution is -2.09. The van der Waals surface area contributed by atoms with Crippen LogP contribution in [-0.4, -0.2) is 5.78 Å². The van der Waals surface area contributed by atoms with E-state index < -0.39 is 0 Å². The summed E-state index contributed by atoms with van der Waals surface area (Å²) in [5.74, 6) is 0.164. The van der Waals surface area contributed by atoms with Gasteiger partial charge in [0.1, 0.15) is 10.9 Å². The highest BCUT2D eigenvalue weighted by molar-refractivity contribution is 7.11. The summed E-state index contributed by atoms with van der Waals surface area (Å²) in [5, 5.41) is 13.8. The highest BCUT2D eigenvalue weighted by Gasteiger charge is 2.11. The molecular formula is C11H10N2OS. The molecule has 0 saturated heterocycles. The van der Waals surface area contributed by atoms with Gasteiger partial charge >= 0.3 is 0 Å². The van der Waals surface area contributed by atoms with E-state index in [1.165, 1.54) is 11.3 Å². The number of allylic oxidation sites excluding steroid dienone is 2. The Morgan fingerprint density at radius 2 is 2.33 bits per heavy atom. The van der Waals surface area contributed by atoms with Crippen molar-refractivity contribution >= 4 is 22.8 Å². The molecular weight excluding hydrogens is 208 g/mol.